The third-order valence-corrected chi connectivity index (χ3v) is 7.09. The fraction of sp³-hybridized carbons (Fsp3) is 0.133. The van der Waals surface area contributed by atoms with Crippen LogP contribution < -0.4 is 4.90 Å². The summed E-state index contributed by atoms with van der Waals surface area (Å²) in [5.41, 5.74) is 5.73. The summed E-state index contributed by atoms with van der Waals surface area (Å²) in [4.78, 5) is 32.4. The minimum Gasteiger partial charge on any atom is -0.503 e. The zero-order chi connectivity index (χ0) is 25.1. The van der Waals surface area contributed by atoms with Crippen molar-refractivity contribution in [3.8, 4) is 0 Å². The van der Waals surface area contributed by atoms with Crippen molar-refractivity contribution >= 4 is 39.2 Å². The second kappa shape index (κ2) is 7.99. The van der Waals surface area contributed by atoms with Crippen molar-refractivity contribution in [1.82, 2.24) is 4.98 Å². The van der Waals surface area contributed by atoms with Crippen molar-refractivity contribution < 1.29 is 19.1 Å². The van der Waals surface area contributed by atoms with Gasteiger partial charge in [0.25, 0.3) is 5.91 Å². The molecule has 6 nitrogen and oxygen atoms in total. The number of carbonyl (C=O) groups excluding carboxylic acids is 2. The van der Waals surface area contributed by atoms with Crippen LogP contribution in [0.3, 0.4) is 0 Å². The van der Waals surface area contributed by atoms with Crippen molar-refractivity contribution in [3.05, 3.63) is 112 Å². The first-order valence-electron chi connectivity index (χ1n) is 11.8. The molecule has 0 saturated heterocycles. The summed E-state index contributed by atoms with van der Waals surface area (Å²) in [6.07, 6.45) is 0. The number of H-pyrrole nitrogens is 1. The van der Waals surface area contributed by atoms with Gasteiger partial charge in [0.15, 0.2) is 11.5 Å². The molecule has 1 aliphatic heterocycles. The molecule has 0 bridgehead atoms. The fourth-order valence-electron chi connectivity index (χ4n) is 5.13. The van der Waals surface area contributed by atoms with Gasteiger partial charge in [-0.15, -0.1) is 0 Å². The molecule has 0 saturated carbocycles. The van der Waals surface area contributed by atoms with E-state index in [0.29, 0.717) is 11.3 Å². The van der Waals surface area contributed by atoms with Crippen molar-refractivity contribution in [1.29, 1.82) is 0 Å². The lowest BCUT2D eigenvalue weighted by Crippen LogP contribution is -2.31. The lowest BCUT2D eigenvalue weighted by atomic mass is 9.92. The summed E-state index contributed by atoms with van der Waals surface area (Å²) < 4.78 is 5.85. The number of para-hydroxylation sites is 2. The van der Waals surface area contributed by atoms with Crippen LogP contribution in [0.2, 0.25) is 0 Å². The molecule has 0 fully saturated rings. The van der Waals surface area contributed by atoms with Crippen LogP contribution in [-0.2, 0) is 4.79 Å². The Bertz CT molecular complexity index is 1700. The molecule has 2 N–H and O–H groups in total. The number of nitrogens with zero attached hydrogens (tertiary/aromatic N) is 1. The molecule has 2 aromatic heterocycles. The molecule has 5 aromatic rings. The summed E-state index contributed by atoms with van der Waals surface area (Å²) in [6, 6.07) is 21.6. The Morgan fingerprint density at radius 2 is 1.69 bits per heavy atom. The Kier molecular flexibility index (Phi) is 4.86. The van der Waals surface area contributed by atoms with E-state index < -0.39 is 23.5 Å². The van der Waals surface area contributed by atoms with Crippen LogP contribution >= 0.6 is 0 Å². The third kappa shape index (κ3) is 3.18. The number of carbonyl (C=O) groups is 2. The smallest absolute Gasteiger partial charge is 0.294 e. The number of aryl methyl sites for hydroxylation is 3. The van der Waals surface area contributed by atoms with Crippen molar-refractivity contribution in [2.24, 2.45) is 0 Å². The van der Waals surface area contributed by atoms with Crippen LogP contribution in [0.4, 0.5) is 5.69 Å². The highest BCUT2D eigenvalue weighted by atomic mass is 16.3. The van der Waals surface area contributed by atoms with Crippen LogP contribution in [-0.4, -0.2) is 21.8 Å². The number of rotatable bonds is 4. The Morgan fingerprint density at radius 1 is 0.944 bits per heavy atom. The van der Waals surface area contributed by atoms with Crippen molar-refractivity contribution in [2.75, 3.05) is 4.90 Å². The number of aliphatic hydroxyl groups is 1. The van der Waals surface area contributed by atoms with E-state index in [4.69, 9.17) is 4.42 Å². The van der Waals surface area contributed by atoms with E-state index in [9.17, 15) is 14.7 Å². The second-order valence-corrected chi connectivity index (χ2v) is 9.30. The van der Waals surface area contributed by atoms with Gasteiger partial charge in [-0.2, -0.15) is 0 Å². The van der Waals surface area contributed by atoms with Crippen LogP contribution in [0.15, 0.2) is 88.5 Å². The quantitative estimate of drug-likeness (QED) is 0.285. The molecule has 1 aliphatic rings. The maximum Gasteiger partial charge on any atom is 0.294 e. The average Bonchev–Trinajstić information content (AvgIpc) is 3.52. The zero-order valence-corrected chi connectivity index (χ0v) is 20.1. The normalized spacial score (nSPS) is 16.0. The van der Waals surface area contributed by atoms with Gasteiger partial charge < -0.3 is 14.5 Å². The minimum atomic E-state index is -0.837. The highest BCUT2D eigenvalue weighted by Gasteiger charge is 2.46. The Morgan fingerprint density at radius 3 is 2.47 bits per heavy atom. The van der Waals surface area contributed by atoms with Gasteiger partial charge >= 0.3 is 0 Å². The molecular formula is C30H24N2O4. The number of fused-ring (bicyclic) bond motifs is 2. The molecule has 0 radical (unpaired) electrons. The van der Waals surface area contributed by atoms with Gasteiger partial charge in [0, 0.05) is 33.2 Å². The first kappa shape index (κ1) is 21.9. The maximum absolute atomic E-state index is 13.9. The molecule has 6 heteroatoms. The van der Waals surface area contributed by atoms with Gasteiger partial charge in [-0.3, -0.25) is 14.5 Å². The highest BCUT2D eigenvalue weighted by Crippen LogP contribution is 2.45. The molecule has 3 aromatic carbocycles. The van der Waals surface area contributed by atoms with Gasteiger partial charge in [0.1, 0.15) is 5.58 Å². The number of anilines is 1. The molecule has 178 valence electrons. The summed E-state index contributed by atoms with van der Waals surface area (Å²) in [5.74, 6) is -1.62. The average molecular weight is 477 g/mol. The number of aromatic amines is 1. The first-order valence-corrected chi connectivity index (χ1v) is 11.8. The number of ketones is 1. The number of aliphatic hydroxyl groups excluding tert-OH is 1. The Hall–Kier alpha value is -4.58. The lowest BCUT2D eigenvalue weighted by molar-refractivity contribution is -0.117. The monoisotopic (exact) mass is 476 g/mol. The van der Waals surface area contributed by atoms with Gasteiger partial charge in [-0.1, -0.05) is 42.5 Å². The highest BCUT2D eigenvalue weighted by molar-refractivity contribution is 6.21. The van der Waals surface area contributed by atoms with Gasteiger partial charge in [0.05, 0.1) is 11.6 Å². The molecule has 6 rings (SSSR count). The largest absolute Gasteiger partial charge is 0.503 e. The van der Waals surface area contributed by atoms with E-state index in [0.717, 1.165) is 38.7 Å². The Balaban J connectivity index is 1.59. The molecular weight excluding hydrogens is 452 g/mol. The Labute approximate surface area is 207 Å². The van der Waals surface area contributed by atoms with Crippen LogP contribution in [0, 0.1) is 20.8 Å². The number of hydrogen-bond acceptors (Lipinski definition) is 4. The summed E-state index contributed by atoms with van der Waals surface area (Å²) in [6.45, 7) is 5.88. The van der Waals surface area contributed by atoms with E-state index in [1.165, 1.54) is 4.90 Å². The zero-order valence-electron chi connectivity index (χ0n) is 20.1. The number of nitrogens with one attached hydrogen (secondary N) is 1. The number of aromatic nitrogens is 1. The number of furan rings is 1. The fourth-order valence-corrected chi connectivity index (χ4v) is 5.13. The third-order valence-electron chi connectivity index (χ3n) is 7.09. The molecule has 0 spiro atoms. The number of amides is 1. The molecule has 3 heterocycles. The molecule has 0 aliphatic carbocycles. The SMILES string of the molecule is Cc1ccc(N2C(=O)C(O)=C(C(=O)c3cc4ccccc4o3)C2c2c(C)[nH]c3ccccc23)cc1C. The number of hydrogen-bond donors (Lipinski definition) is 2. The summed E-state index contributed by atoms with van der Waals surface area (Å²) in [7, 11) is 0. The summed E-state index contributed by atoms with van der Waals surface area (Å²) in [5, 5.41) is 12.8. The molecule has 1 atom stereocenters. The second-order valence-electron chi connectivity index (χ2n) is 9.30. The first-order chi connectivity index (χ1) is 17.3. The van der Waals surface area contributed by atoms with Gasteiger partial charge in [-0.05, 0) is 62.2 Å². The predicted molar refractivity (Wildman–Crippen MR) is 139 cm³/mol. The predicted octanol–water partition coefficient (Wildman–Crippen LogP) is 6.62. The lowest BCUT2D eigenvalue weighted by Gasteiger charge is -2.27. The van der Waals surface area contributed by atoms with E-state index in [2.05, 4.69) is 4.98 Å². The molecule has 1 unspecified atom stereocenters. The van der Waals surface area contributed by atoms with Crippen LogP contribution in [0.1, 0.15) is 39.0 Å². The van der Waals surface area contributed by atoms with Crippen molar-refractivity contribution in [2.45, 2.75) is 26.8 Å². The minimum absolute atomic E-state index is 0.00476. The number of benzene rings is 3. The maximum atomic E-state index is 13.9. The van der Waals surface area contributed by atoms with E-state index >= 15 is 0 Å². The van der Waals surface area contributed by atoms with Gasteiger partial charge in [-0.25, -0.2) is 0 Å². The van der Waals surface area contributed by atoms with E-state index in [1.807, 2.05) is 81.4 Å². The van der Waals surface area contributed by atoms with E-state index in [-0.39, 0.29) is 11.3 Å². The van der Waals surface area contributed by atoms with Gasteiger partial charge in [0.2, 0.25) is 5.78 Å². The van der Waals surface area contributed by atoms with Crippen molar-refractivity contribution in [3.63, 3.8) is 0 Å². The molecule has 1 amide bonds. The summed E-state index contributed by atoms with van der Waals surface area (Å²) >= 11 is 0. The molecule has 36 heavy (non-hydrogen) atoms. The van der Waals surface area contributed by atoms with E-state index in [1.54, 1.807) is 12.1 Å². The topological polar surface area (TPSA) is 86.5 Å². The standard InChI is InChI=1S/C30H24N2O4/c1-16-12-13-20(14-17(16)2)32-27(25-18(3)31-22-10-6-5-9-21(22)25)26(29(34)30(32)35)28(33)24-15-19-8-4-7-11-23(19)36-24/h4-15,27,31,34H,1-3H3. The van der Waals surface area contributed by atoms with Crippen LogP contribution in [0.5, 0.6) is 0 Å². The van der Waals surface area contributed by atoms with Crippen LogP contribution in [0.25, 0.3) is 21.9 Å². The number of Topliss-reactive ketones (excluding diaryl/α,β-unsaturated/α-hetero) is 1.